The van der Waals surface area contributed by atoms with Crippen molar-refractivity contribution in [2.24, 2.45) is 0 Å². The van der Waals surface area contributed by atoms with Gasteiger partial charge in [0.05, 0.1) is 0 Å². The molecule has 0 saturated carbocycles. The second-order valence-electron chi connectivity index (χ2n) is 1.32. The average Bonchev–Trinajstić information content (AvgIpc) is 1.90. The van der Waals surface area contributed by atoms with Gasteiger partial charge in [-0.2, -0.15) is 6.07 Å². The van der Waals surface area contributed by atoms with E-state index < -0.39 is 0 Å². The van der Waals surface area contributed by atoms with Crippen LogP contribution >= 0.6 is 0 Å². The molecule has 0 unspecified atom stereocenters. The van der Waals surface area contributed by atoms with Gasteiger partial charge in [-0.25, -0.2) is 0 Å². The Morgan fingerprint density at radius 2 is 2.22 bits per heavy atom. The van der Waals surface area contributed by atoms with Gasteiger partial charge in [0.25, 0.3) is 0 Å². The van der Waals surface area contributed by atoms with Crippen LogP contribution in [0, 0.1) is 0 Å². The average molecular weight is 195 g/mol. The van der Waals surface area contributed by atoms with E-state index in [2.05, 4.69) is 4.98 Å². The Balaban J connectivity index is 0.000000640. The molecule has 0 atom stereocenters. The van der Waals surface area contributed by atoms with Gasteiger partial charge < -0.3 is 4.79 Å². The van der Waals surface area contributed by atoms with E-state index in [0.717, 1.165) is 0 Å². The SMILES string of the molecule is O=[C-]c1ccccn1.[Y+3]. The first-order valence-corrected chi connectivity index (χ1v) is 2.22. The van der Waals surface area contributed by atoms with Gasteiger partial charge in [-0.1, -0.05) is 11.8 Å². The summed E-state index contributed by atoms with van der Waals surface area (Å²) in [5.41, 5.74) is 0.354. The maximum atomic E-state index is 9.82. The zero-order chi connectivity index (χ0) is 5.82. The molecule has 2 nitrogen and oxygen atoms in total. The summed E-state index contributed by atoms with van der Waals surface area (Å²) >= 11 is 0. The van der Waals surface area contributed by atoms with Crippen LogP contribution in [0.2, 0.25) is 0 Å². The van der Waals surface area contributed by atoms with Gasteiger partial charge in [-0.15, -0.1) is 6.07 Å². The van der Waals surface area contributed by atoms with E-state index in [1.165, 1.54) is 0 Å². The Morgan fingerprint density at radius 1 is 1.44 bits per heavy atom. The van der Waals surface area contributed by atoms with Gasteiger partial charge >= 0.3 is 32.7 Å². The van der Waals surface area contributed by atoms with Crippen molar-refractivity contribution in [3.63, 3.8) is 0 Å². The minimum atomic E-state index is 0. The van der Waals surface area contributed by atoms with Crippen LogP contribution < -0.4 is 0 Å². The maximum absolute atomic E-state index is 9.82. The summed E-state index contributed by atoms with van der Waals surface area (Å²) in [6.07, 6.45) is 3.22. The fraction of sp³-hybridized carbons (Fsp3) is 0. The van der Waals surface area contributed by atoms with Crippen LogP contribution in [0.3, 0.4) is 0 Å². The number of hydrogen-bond acceptors (Lipinski definition) is 2. The van der Waals surface area contributed by atoms with Crippen molar-refractivity contribution in [2.45, 2.75) is 0 Å². The molecule has 0 amide bonds. The third-order valence-corrected chi connectivity index (χ3v) is 0.769. The number of rotatable bonds is 1. The van der Waals surface area contributed by atoms with Crippen LogP contribution in [0.1, 0.15) is 5.69 Å². The Kier molecular flexibility index (Phi) is 4.73. The Bertz CT molecular complexity index is 176. The number of hydrogen-bond donors (Lipinski definition) is 0. The van der Waals surface area contributed by atoms with E-state index in [-0.39, 0.29) is 32.7 Å². The maximum Gasteiger partial charge on any atom is 3.00 e. The van der Waals surface area contributed by atoms with Gasteiger partial charge in [-0.05, 0) is 0 Å². The van der Waals surface area contributed by atoms with E-state index in [1.54, 1.807) is 30.7 Å². The van der Waals surface area contributed by atoms with Gasteiger partial charge in [-0.3, -0.25) is 4.98 Å². The quantitative estimate of drug-likeness (QED) is 0.612. The second-order valence-corrected chi connectivity index (χ2v) is 1.32. The molecule has 0 N–H and O–H groups in total. The van der Waals surface area contributed by atoms with Crippen molar-refractivity contribution in [2.75, 3.05) is 0 Å². The van der Waals surface area contributed by atoms with Crippen LogP contribution in [0.4, 0.5) is 0 Å². The number of aromatic nitrogens is 1. The molecule has 0 bridgehead atoms. The summed E-state index contributed by atoms with van der Waals surface area (Å²) in [5, 5.41) is 0. The van der Waals surface area contributed by atoms with Crippen molar-refractivity contribution in [3.8, 4) is 0 Å². The summed E-state index contributed by atoms with van der Waals surface area (Å²) in [7, 11) is 0. The molecule has 3 heteroatoms. The topological polar surface area (TPSA) is 30.0 Å². The smallest absolute Gasteiger partial charge is 0.417 e. The molecule has 40 valence electrons. The fourth-order valence-corrected chi connectivity index (χ4v) is 0.423. The van der Waals surface area contributed by atoms with Crippen LogP contribution in [0.15, 0.2) is 24.4 Å². The number of pyridine rings is 1. The van der Waals surface area contributed by atoms with E-state index in [4.69, 9.17) is 0 Å². The molecular weight excluding hydrogens is 191 g/mol. The summed E-state index contributed by atoms with van der Waals surface area (Å²) in [6, 6.07) is 5.10. The third kappa shape index (κ3) is 2.82. The molecule has 0 aliphatic carbocycles. The van der Waals surface area contributed by atoms with E-state index in [1.807, 2.05) is 0 Å². The fourth-order valence-electron chi connectivity index (χ4n) is 0.423. The number of carbonyl (C=O) groups excluding carboxylic acids is 1. The Morgan fingerprint density at radius 3 is 2.56 bits per heavy atom. The molecule has 0 aromatic carbocycles. The standard InChI is InChI=1S/C6H4NO.Y/c8-5-6-3-1-2-4-7-6;/h1-4H;/q-1;+3. The van der Waals surface area contributed by atoms with E-state index >= 15 is 0 Å². The Hall–Kier alpha value is -0.0761. The van der Waals surface area contributed by atoms with Crippen molar-refractivity contribution in [3.05, 3.63) is 30.1 Å². The number of nitrogens with zero attached hydrogens (tertiary/aromatic N) is 1. The summed E-state index contributed by atoms with van der Waals surface area (Å²) in [4.78, 5) is 13.5. The molecule has 1 rings (SSSR count). The summed E-state index contributed by atoms with van der Waals surface area (Å²) in [5.74, 6) is 0. The molecule has 9 heavy (non-hydrogen) atoms. The monoisotopic (exact) mass is 195 g/mol. The minimum Gasteiger partial charge on any atom is -0.417 e. The Labute approximate surface area is 78.6 Å². The minimum absolute atomic E-state index is 0. The molecule has 0 saturated heterocycles. The van der Waals surface area contributed by atoms with Gasteiger partial charge in [0.15, 0.2) is 0 Å². The molecule has 0 aliphatic rings. The molecule has 0 radical (unpaired) electrons. The molecule has 0 aliphatic heterocycles. The van der Waals surface area contributed by atoms with Crippen LogP contribution in [-0.2, 0) is 37.5 Å². The van der Waals surface area contributed by atoms with Crippen molar-refractivity contribution in [1.29, 1.82) is 0 Å². The first kappa shape index (κ1) is 8.92. The van der Waals surface area contributed by atoms with Crippen LogP contribution in [0.5, 0.6) is 0 Å². The van der Waals surface area contributed by atoms with E-state index in [0.29, 0.717) is 5.69 Å². The van der Waals surface area contributed by atoms with Crippen LogP contribution in [-0.4, -0.2) is 11.3 Å². The third-order valence-electron chi connectivity index (χ3n) is 0.769. The predicted molar refractivity (Wildman–Crippen MR) is 29.0 cm³/mol. The first-order chi connectivity index (χ1) is 3.93. The molecule has 0 fully saturated rings. The van der Waals surface area contributed by atoms with Crippen molar-refractivity contribution in [1.82, 2.24) is 4.98 Å². The van der Waals surface area contributed by atoms with E-state index in [9.17, 15) is 4.79 Å². The summed E-state index contributed by atoms with van der Waals surface area (Å²) in [6.45, 7) is 0. The zero-order valence-electron chi connectivity index (χ0n) is 4.74. The molecular formula is C6H4NOY+2. The first-order valence-electron chi connectivity index (χ1n) is 2.22. The molecule has 0 spiro atoms. The van der Waals surface area contributed by atoms with Gasteiger partial charge in [0.1, 0.15) is 0 Å². The van der Waals surface area contributed by atoms with Crippen molar-refractivity contribution < 1.29 is 37.5 Å². The zero-order valence-corrected chi connectivity index (χ0v) is 7.58. The normalized spacial score (nSPS) is 7.56. The molecule has 1 aromatic heterocycles. The largest absolute Gasteiger partial charge is 3.00 e. The van der Waals surface area contributed by atoms with Crippen molar-refractivity contribution >= 4 is 6.29 Å². The molecule has 1 heterocycles. The van der Waals surface area contributed by atoms with Crippen LogP contribution in [0.25, 0.3) is 0 Å². The molecule has 1 aromatic rings. The van der Waals surface area contributed by atoms with Gasteiger partial charge in [0.2, 0.25) is 0 Å². The predicted octanol–water partition coefficient (Wildman–Crippen LogP) is 0.537. The second kappa shape index (κ2) is 4.77. The van der Waals surface area contributed by atoms with Gasteiger partial charge in [0, 0.05) is 12.5 Å². The summed E-state index contributed by atoms with van der Waals surface area (Å²) < 4.78 is 0.